The Hall–Kier alpha value is -2.89. The summed E-state index contributed by atoms with van der Waals surface area (Å²) in [5.74, 6) is -0.961. The molecule has 0 saturated heterocycles. The molecule has 0 aliphatic rings. The van der Waals surface area contributed by atoms with E-state index < -0.39 is 18.0 Å². The van der Waals surface area contributed by atoms with Crippen LogP contribution in [0.1, 0.15) is 71.3 Å². The van der Waals surface area contributed by atoms with E-state index in [-0.39, 0.29) is 17.4 Å². The fourth-order valence-corrected chi connectivity index (χ4v) is 3.10. The summed E-state index contributed by atoms with van der Waals surface area (Å²) in [5.41, 5.74) is 3.51. The molecule has 1 amide bonds. The van der Waals surface area contributed by atoms with Crippen LogP contribution in [0.15, 0.2) is 24.3 Å². The van der Waals surface area contributed by atoms with Crippen LogP contribution in [-0.2, 0) is 9.53 Å². The van der Waals surface area contributed by atoms with Crippen LogP contribution in [0.3, 0.4) is 0 Å². The highest BCUT2D eigenvalue weighted by molar-refractivity contribution is 6.02. The molecule has 6 heteroatoms. The quantitative estimate of drug-likeness (QED) is 0.591. The maximum absolute atomic E-state index is 12.5. The number of amides is 1. The Morgan fingerprint density at radius 3 is 2.26 bits per heavy atom. The smallest absolute Gasteiger partial charge is 0.355 e. The largest absolute Gasteiger partial charge is 0.448 e. The van der Waals surface area contributed by atoms with Gasteiger partial charge in [-0.15, -0.1) is 0 Å². The zero-order chi connectivity index (χ0) is 20.3. The van der Waals surface area contributed by atoms with E-state index in [4.69, 9.17) is 4.74 Å². The van der Waals surface area contributed by atoms with E-state index in [2.05, 4.69) is 10.3 Å². The van der Waals surface area contributed by atoms with Crippen molar-refractivity contribution in [1.82, 2.24) is 4.98 Å². The zero-order valence-corrected chi connectivity index (χ0v) is 16.6. The van der Waals surface area contributed by atoms with Crippen molar-refractivity contribution in [3.05, 3.63) is 52.3 Å². The van der Waals surface area contributed by atoms with E-state index in [0.717, 1.165) is 5.56 Å². The van der Waals surface area contributed by atoms with E-state index in [1.165, 1.54) is 13.8 Å². The molecule has 0 saturated carbocycles. The van der Waals surface area contributed by atoms with Gasteiger partial charge in [0.1, 0.15) is 5.69 Å². The number of ether oxygens (including phenoxy) is 1. The van der Waals surface area contributed by atoms with Gasteiger partial charge in [0, 0.05) is 16.9 Å². The highest BCUT2D eigenvalue weighted by Gasteiger charge is 2.25. The molecule has 0 spiro atoms. The summed E-state index contributed by atoms with van der Waals surface area (Å²) in [6.45, 7) is 10.4. The standard InChI is InChI=1S/C21H26N2O4/c1-11(2)16-9-7-8-10-17(16)23-20(25)15(6)27-21(26)19-12(3)18(14(5)24)13(4)22-19/h7-11,15,22H,1-6H3,(H,23,25)/t15-/m1/s1. The zero-order valence-electron chi connectivity index (χ0n) is 16.6. The number of esters is 1. The maximum atomic E-state index is 12.5. The minimum atomic E-state index is -0.985. The number of hydrogen-bond donors (Lipinski definition) is 2. The van der Waals surface area contributed by atoms with Gasteiger partial charge >= 0.3 is 5.97 Å². The number of carbonyl (C=O) groups excluding carboxylic acids is 3. The lowest BCUT2D eigenvalue weighted by atomic mass is 10.0. The molecule has 0 fully saturated rings. The summed E-state index contributed by atoms with van der Waals surface area (Å²) in [4.78, 5) is 39.5. The SMILES string of the molecule is CC(=O)c1c(C)[nH]c(C(=O)O[C@H](C)C(=O)Nc2ccccc2C(C)C)c1C. The predicted octanol–water partition coefficient (Wildman–Crippen LogP) is 4.14. The number of aromatic amines is 1. The Balaban J connectivity index is 2.12. The van der Waals surface area contributed by atoms with Crippen LogP contribution < -0.4 is 5.32 Å². The van der Waals surface area contributed by atoms with Crippen LogP contribution in [0.2, 0.25) is 0 Å². The van der Waals surface area contributed by atoms with Crippen molar-refractivity contribution in [2.75, 3.05) is 5.32 Å². The molecule has 1 heterocycles. The van der Waals surface area contributed by atoms with Crippen molar-refractivity contribution in [2.24, 2.45) is 0 Å². The van der Waals surface area contributed by atoms with Crippen molar-refractivity contribution in [3.8, 4) is 0 Å². The number of aromatic nitrogens is 1. The molecule has 0 aliphatic heterocycles. The molecule has 0 unspecified atom stereocenters. The van der Waals surface area contributed by atoms with E-state index in [1.54, 1.807) is 13.8 Å². The summed E-state index contributed by atoms with van der Waals surface area (Å²) in [6, 6.07) is 7.52. The number of benzene rings is 1. The lowest BCUT2D eigenvalue weighted by Crippen LogP contribution is -2.30. The van der Waals surface area contributed by atoms with Crippen molar-refractivity contribution < 1.29 is 19.1 Å². The average molecular weight is 370 g/mol. The number of anilines is 1. The molecule has 1 aromatic carbocycles. The Bertz CT molecular complexity index is 880. The topological polar surface area (TPSA) is 88.3 Å². The molecule has 1 aromatic heterocycles. The lowest BCUT2D eigenvalue weighted by Gasteiger charge is -2.17. The molecular formula is C21H26N2O4. The first-order valence-electron chi connectivity index (χ1n) is 8.94. The Morgan fingerprint density at radius 2 is 1.70 bits per heavy atom. The third-order valence-electron chi connectivity index (χ3n) is 4.49. The molecule has 27 heavy (non-hydrogen) atoms. The van der Waals surface area contributed by atoms with E-state index in [0.29, 0.717) is 22.5 Å². The molecule has 2 N–H and O–H groups in total. The summed E-state index contributed by atoms with van der Waals surface area (Å²) in [7, 11) is 0. The second-order valence-electron chi connectivity index (χ2n) is 6.96. The van der Waals surface area contributed by atoms with Crippen molar-refractivity contribution in [2.45, 2.75) is 53.6 Å². The van der Waals surface area contributed by atoms with Crippen LogP contribution in [0.4, 0.5) is 5.69 Å². The number of Topliss-reactive ketones (excluding diaryl/α,β-unsaturated/α-hetero) is 1. The van der Waals surface area contributed by atoms with Gasteiger partial charge < -0.3 is 15.0 Å². The van der Waals surface area contributed by atoms with Gasteiger partial charge in [-0.1, -0.05) is 32.0 Å². The number of aryl methyl sites for hydroxylation is 1. The fraction of sp³-hybridized carbons (Fsp3) is 0.381. The van der Waals surface area contributed by atoms with Gasteiger partial charge in [-0.05, 0) is 50.8 Å². The maximum Gasteiger partial charge on any atom is 0.355 e. The van der Waals surface area contributed by atoms with Gasteiger partial charge in [0.2, 0.25) is 0 Å². The number of carbonyl (C=O) groups is 3. The first kappa shape index (κ1) is 20.4. The molecule has 0 bridgehead atoms. The number of nitrogens with one attached hydrogen (secondary N) is 2. The Labute approximate surface area is 159 Å². The van der Waals surface area contributed by atoms with Crippen LogP contribution in [0.25, 0.3) is 0 Å². The normalized spacial score (nSPS) is 12.0. The second-order valence-corrected chi connectivity index (χ2v) is 6.96. The van der Waals surface area contributed by atoms with Gasteiger partial charge in [0.05, 0.1) is 0 Å². The van der Waals surface area contributed by atoms with Gasteiger partial charge in [-0.25, -0.2) is 4.79 Å². The molecule has 0 aliphatic carbocycles. The average Bonchev–Trinajstić information content (AvgIpc) is 2.89. The summed E-state index contributed by atoms with van der Waals surface area (Å²) >= 11 is 0. The Kier molecular flexibility index (Phi) is 6.20. The minimum absolute atomic E-state index is 0.128. The van der Waals surface area contributed by atoms with Crippen molar-refractivity contribution in [3.63, 3.8) is 0 Å². The van der Waals surface area contributed by atoms with Gasteiger partial charge in [0.15, 0.2) is 11.9 Å². The summed E-state index contributed by atoms with van der Waals surface area (Å²) < 4.78 is 5.31. The van der Waals surface area contributed by atoms with Crippen molar-refractivity contribution >= 4 is 23.3 Å². The van der Waals surface area contributed by atoms with Crippen LogP contribution >= 0.6 is 0 Å². The first-order valence-corrected chi connectivity index (χ1v) is 8.94. The minimum Gasteiger partial charge on any atom is -0.448 e. The second kappa shape index (κ2) is 8.20. The number of H-pyrrole nitrogens is 1. The van der Waals surface area contributed by atoms with Crippen LogP contribution in [0.5, 0.6) is 0 Å². The van der Waals surface area contributed by atoms with E-state index in [9.17, 15) is 14.4 Å². The molecule has 0 radical (unpaired) electrons. The molecule has 2 rings (SSSR count). The number of rotatable bonds is 6. The number of ketones is 1. The summed E-state index contributed by atoms with van der Waals surface area (Å²) in [5, 5.41) is 2.82. The van der Waals surface area contributed by atoms with E-state index >= 15 is 0 Å². The van der Waals surface area contributed by atoms with Gasteiger partial charge in [-0.2, -0.15) is 0 Å². The number of para-hydroxylation sites is 1. The molecule has 1 atom stereocenters. The molecule has 2 aromatic rings. The fourth-order valence-electron chi connectivity index (χ4n) is 3.10. The van der Waals surface area contributed by atoms with Crippen LogP contribution in [-0.4, -0.2) is 28.7 Å². The monoisotopic (exact) mass is 370 g/mol. The molecule has 6 nitrogen and oxygen atoms in total. The first-order chi connectivity index (χ1) is 12.6. The van der Waals surface area contributed by atoms with Gasteiger partial charge in [0.25, 0.3) is 5.91 Å². The highest BCUT2D eigenvalue weighted by Crippen LogP contribution is 2.24. The third kappa shape index (κ3) is 4.45. The van der Waals surface area contributed by atoms with E-state index in [1.807, 2.05) is 38.1 Å². The highest BCUT2D eigenvalue weighted by atomic mass is 16.5. The predicted molar refractivity (Wildman–Crippen MR) is 104 cm³/mol. The molecule has 144 valence electrons. The Morgan fingerprint density at radius 1 is 1.07 bits per heavy atom. The molecular weight excluding hydrogens is 344 g/mol. The summed E-state index contributed by atoms with van der Waals surface area (Å²) in [6.07, 6.45) is -0.985. The van der Waals surface area contributed by atoms with Crippen molar-refractivity contribution in [1.29, 1.82) is 0 Å². The van der Waals surface area contributed by atoms with Crippen LogP contribution in [0, 0.1) is 13.8 Å². The number of hydrogen-bond acceptors (Lipinski definition) is 4. The lowest BCUT2D eigenvalue weighted by molar-refractivity contribution is -0.123. The third-order valence-corrected chi connectivity index (χ3v) is 4.49. The van der Waals surface area contributed by atoms with Gasteiger partial charge in [-0.3, -0.25) is 9.59 Å².